The lowest BCUT2D eigenvalue weighted by molar-refractivity contribution is 0.177. The highest BCUT2D eigenvalue weighted by molar-refractivity contribution is 7.86. The third kappa shape index (κ3) is 5.99. The average Bonchev–Trinajstić information content (AvgIpc) is 3.48. The number of rotatable bonds is 10. The van der Waals surface area contributed by atoms with Crippen molar-refractivity contribution in [1.29, 1.82) is 0 Å². The number of carbonyl (C=O) groups excluding carboxylic acids is 3. The minimum atomic E-state index is -5.01. The Bertz CT molecular complexity index is 1200. The van der Waals surface area contributed by atoms with Crippen LogP contribution in [0.25, 0.3) is 0 Å². The summed E-state index contributed by atoms with van der Waals surface area (Å²) in [5, 5.41) is 0. The monoisotopic (exact) mass is 581 g/mol. The summed E-state index contributed by atoms with van der Waals surface area (Å²) in [6, 6.07) is 1.32. The van der Waals surface area contributed by atoms with Gasteiger partial charge >= 0.3 is 18.3 Å². The van der Waals surface area contributed by atoms with Gasteiger partial charge in [0.1, 0.15) is 24.7 Å². The van der Waals surface area contributed by atoms with Crippen molar-refractivity contribution in [2.24, 2.45) is 17.8 Å². The molecular weight excluding hydrogens is 542 g/mol. The largest absolute Gasteiger partial charge is 0.447 e. The van der Waals surface area contributed by atoms with E-state index >= 15 is 0 Å². The summed E-state index contributed by atoms with van der Waals surface area (Å²) in [7, 11) is -5.01. The molecule has 3 aliphatic heterocycles. The Labute approximate surface area is 235 Å². The smallest absolute Gasteiger partial charge is 0.414 e. The fourth-order valence-electron chi connectivity index (χ4n) is 5.79. The summed E-state index contributed by atoms with van der Waals surface area (Å²) in [4.78, 5) is 42.3. The van der Waals surface area contributed by atoms with E-state index in [4.69, 9.17) is 14.2 Å². The van der Waals surface area contributed by atoms with Crippen molar-refractivity contribution in [2.75, 3.05) is 34.5 Å². The first-order chi connectivity index (χ1) is 18.7. The van der Waals surface area contributed by atoms with E-state index < -0.39 is 45.4 Å². The molecule has 0 saturated carbocycles. The fraction of sp³-hybridized carbons (Fsp3) is 0.667. The van der Waals surface area contributed by atoms with Gasteiger partial charge in [0.2, 0.25) is 0 Å². The molecule has 12 nitrogen and oxygen atoms in total. The van der Waals surface area contributed by atoms with Crippen molar-refractivity contribution in [3.05, 3.63) is 12.1 Å². The molecule has 3 aliphatic rings. The van der Waals surface area contributed by atoms with Gasteiger partial charge in [-0.3, -0.25) is 19.3 Å². The highest BCUT2D eigenvalue weighted by atomic mass is 32.2. The van der Waals surface area contributed by atoms with E-state index in [-0.39, 0.29) is 60.7 Å². The number of benzene rings is 1. The normalized spacial score (nSPS) is 23.6. The van der Waals surface area contributed by atoms with Crippen molar-refractivity contribution in [1.82, 2.24) is 0 Å². The van der Waals surface area contributed by atoms with E-state index in [1.54, 1.807) is 0 Å². The third-order valence-corrected chi connectivity index (χ3v) is 8.14. The zero-order valence-electron chi connectivity index (χ0n) is 23.8. The molecule has 0 spiro atoms. The number of amides is 3. The molecule has 13 heteroatoms. The molecule has 40 heavy (non-hydrogen) atoms. The van der Waals surface area contributed by atoms with Gasteiger partial charge in [-0.25, -0.2) is 14.4 Å². The molecule has 1 N–H and O–H groups in total. The highest BCUT2D eigenvalue weighted by Crippen LogP contribution is 2.45. The summed E-state index contributed by atoms with van der Waals surface area (Å²) < 4.78 is 52.7. The van der Waals surface area contributed by atoms with Crippen LogP contribution < -0.4 is 14.7 Å². The Balaban J connectivity index is 2.00. The first-order valence-electron chi connectivity index (χ1n) is 13.7. The van der Waals surface area contributed by atoms with Crippen LogP contribution >= 0.6 is 0 Å². The molecule has 3 fully saturated rings. The number of anilines is 3. The number of hydrogen-bond donors (Lipinski definition) is 1. The van der Waals surface area contributed by atoms with Crippen LogP contribution in [-0.4, -0.2) is 69.2 Å². The maximum absolute atomic E-state index is 13.1. The van der Waals surface area contributed by atoms with Crippen LogP contribution in [0.1, 0.15) is 60.8 Å². The number of cyclic esters (lactones) is 3. The Kier molecular flexibility index (Phi) is 8.55. The van der Waals surface area contributed by atoms with E-state index in [9.17, 15) is 27.4 Å². The van der Waals surface area contributed by atoms with E-state index in [1.165, 1.54) is 26.8 Å². The van der Waals surface area contributed by atoms with Gasteiger partial charge in [0.05, 0.1) is 35.2 Å². The second-order valence-electron chi connectivity index (χ2n) is 12.0. The van der Waals surface area contributed by atoms with Crippen LogP contribution in [0.2, 0.25) is 0 Å². The predicted octanol–water partition coefficient (Wildman–Crippen LogP) is 5.05. The van der Waals surface area contributed by atoms with Gasteiger partial charge in [0.25, 0.3) is 10.1 Å². The maximum atomic E-state index is 13.1. The van der Waals surface area contributed by atoms with Crippen LogP contribution in [0, 0.1) is 17.8 Å². The standard InChI is InChI=1S/C27H39N3O9S/c1-15(2)7-19-12-37-25(31)28(19)18-10-22(29-20(8-16(3)4)13-38-26(29)32)24(40(34,35)36)23(11-18)30-21(9-17(5)6)14-39-27(30)33/h10-11,15-17,19-21H,7-9,12-14H2,1-6H3,(H,34,35,36)/t19-,20-,21-/m0/s1. The Hall–Kier alpha value is -3.06. The number of nitrogens with zero attached hydrogens (tertiary/aromatic N) is 3. The SMILES string of the molecule is CC(C)C[C@H]1COC(=O)N1c1cc(N2C(=O)OC[C@@H]2CC(C)C)c(S(=O)(=O)O)c(N2C(=O)OC[C@@H]2CC(C)C)c1. The first-order valence-corrected chi connectivity index (χ1v) is 15.2. The van der Waals surface area contributed by atoms with Crippen molar-refractivity contribution in [3.63, 3.8) is 0 Å². The van der Waals surface area contributed by atoms with Gasteiger partial charge < -0.3 is 14.2 Å². The van der Waals surface area contributed by atoms with Crippen molar-refractivity contribution < 1.29 is 41.6 Å². The predicted molar refractivity (Wildman–Crippen MR) is 147 cm³/mol. The molecular formula is C27H39N3O9S. The maximum Gasteiger partial charge on any atom is 0.414 e. The van der Waals surface area contributed by atoms with E-state index in [0.29, 0.717) is 19.3 Å². The highest BCUT2D eigenvalue weighted by Gasteiger charge is 2.45. The topological polar surface area (TPSA) is 143 Å². The number of carbonyl (C=O) groups is 3. The van der Waals surface area contributed by atoms with Crippen molar-refractivity contribution >= 4 is 45.5 Å². The molecule has 0 aromatic heterocycles. The zero-order valence-corrected chi connectivity index (χ0v) is 24.6. The van der Waals surface area contributed by atoms with Crippen LogP contribution in [0.4, 0.5) is 31.4 Å². The van der Waals surface area contributed by atoms with Crippen LogP contribution in [0.15, 0.2) is 17.0 Å². The minimum Gasteiger partial charge on any atom is -0.447 e. The molecule has 3 atom stereocenters. The molecule has 3 saturated heterocycles. The minimum absolute atomic E-state index is 0.0188. The van der Waals surface area contributed by atoms with Crippen molar-refractivity contribution in [3.8, 4) is 0 Å². The molecule has 4 rings (SSSR count). The molecule has 0 aliphatic carbocycles. The van der Waals surface area contributed by atoms with Gasteiger partial charge in [-0.2, -0.15) is 8.42 Å². The number of ether oxygens (including phenoxy) is 3. The second-order valence-corrected chi connectivity index (χ2v) is 13.3. The first kappa shape index (κ1) is 29.9. The van der Waals surface area contributed by atoms with Gasteiger partial charge in [0.15, 0.2) is 0 Å². The molecule has 3 amide bonds. The Morgan fingerprint density at radius 2 is 1.02 bits per heavy atom. The average molecular weight is 582 g/mol. The van der Waals surface area contributed by atoms with E-state index in [0.717, 1.165) is 0 Å². The van der Waals surface area contributed by atoms with E-state index in [1.807, 2.05) is 41.5 Å². The van der Waals surface area contributed by atoms with Crippen LogP contribution in [0.5, 0.6) is 0 Å². The zero-order chi connectivity index (χ0) is 29.5. The van der Waals surface area contributed by atoms with E-state index in [2.05, 4.69) is 0 Å². The lowest BCUT2D eigenvalue weighted by Crippen LogP contribution is -2.39. The molecule has 1 aromatic carbocycles. The Morgan fingerprint density at radius 3 is 1.35 bits per heavy atom. The summed E-state index contributed by atoms with van der Waals surface area (Å²) in [6.45, 7) is 12.0. The quantitative estimate of drug-likeness (QED) is 0.297. The summed E-state index contributed by atoms with van der Waals surface area (Å²) in [5.74, 6) is 0.476. The third-order valence-electron chi connectivity index (χ3n) is 7.20. The molecule has 0 radical (unpaired) electrons. The Morgan fingerprint density at radius 1 is 0.700 bits per heavy atom. The number of hydrogen-bond acceptors (Lipinski definition) is 8. The van der Waals surface area contributed by atoms with Gasteiger partial charge in [0, 0.05) is 0 Å². The van der Waals surface area contributed by atoms with Gasteiger partial charge in [-0.1, -0.05) is 41.5 Å². The lowest BCUT2D eigenvalue weighted by atomic mass is 10.0. The summed E-state index contributed by atoms with van der Waals surface area (Å²) in [5.41, 5.74) is -0.111. The molecule has 0 unspecified atom stereocenters. The summed E-state index contributed by atoms with van der Waals surface area (Å²) >= 11 is 0. The van der Waals surface area contributed by atoms with Crippen LogP contribution in [0.3, 0.4) is 0 Å². The second kappa shape index (κ2) is 11.4. The molecule has 1 aromatic rings. The fourth-order valence-corrected chi connectivity index (χ4v) is 6.63. The van der Waals surface area contributed by atoms with Crippen LogP contribution in [-0.2, 0) is 24.3 Å². The summed E-state index contributed by atoms with van der Waals surface area (Å²) in [6.07, 6.45) is -0.639. The van der Waals surface area contributed by atoms with Crippen molar-refractivity contribution in [2.45, 2.75) is 83.8 Å². The molecule has 0 bridgehead atoms. The lowest BCUT2D eigenvalue weighted by Gasteiger charge is -2.31. The molecule has 222 valence electrons. The van der Waals surface area contributed by atoms with Gasteiger partial charge in [-0.15, -0.1) is 0 Å². The van der Waals surface area contributed by atoms with Gasteiger partial charge in [-0.05, 0) is 49.1 Å². The molecule has 3 heterocycles.